The fourth-order valence-corrected chi connectivity index (χ4v) is 4.88. The first kappa shape index (κ1) is 14.7. The van der Waals surface area contributed by atoms with Crippen LogP contribution in [0.1, 0.15) is 19.8 Å². The van der Waals surface area contributed by atoms with E-state index in [0.717, 1.165) is 12.8 Å². The fraction of sp³-hybridized carbons (Fsp3) is 0.917. The van der Waals surface area contributed by atoms with Crippen molar-refractivity contribution in [3.63, 3.8) is 0 Å². The highest BCUT2D eigenvalue weighted by Gasteiger charge is 2.47. The van der Waals surface area contributed by atoms with Crippen molar-refractivity contribution in [2.24, 2.45) is 17.6 Å². The van der Waals surface area contributed by atoms with Gasteiger partial charge in [0, 0.05) is 33.2 Å². The summed E-state index contributed by atoms with van der Waals surface area (Å²) in [5.41, 5.74) is 6.01. The van der Waals surface area contributed by atoms with Gasteiger partial charge in [0.2, 0.25) is 15.9 Å². The van der Waals surface area contributed by atoms with Crippen molar-refractivity contribution < 1.29 is 13.2 Å². The number of hydrogen-bond acceptors (Lipinski definition) is 4. The Labute approximate surface area is 115 Å². The summed E-state index contributed by atoms with van der Waals surface area (Å²) in [6.45, 7) is 2.46. The molecule has 19 heavy (non-hydrogen) atoms. The van der Waals surface area contributed by atoms with Crippen LogP contribution < -0.4 is 5.73 Å². The van der Waals surface area contributed by atoms with E-state index in [-0.39, 0.29) is 17.9 Å². The molecule has 6 nitrogen and oxygen atoms in total. The van der Waals surface area contributed by atoms with Gasteiger partial charge in [-0.05, 0) is 31.6 Å². The predicted molar refractivity (Wildman–Crippen MR) is 72.8 cm³/mol. The molecular weight excluding hydrogens is 266 g/mol. The maximum Gasteiger partial charge on any atom is 0.241 e. The van der Waals surface area contributed by atoms with E-state index in [1.165, 1.54) is 16.1 Å². The van der Waals surface area contributed by atoms with Gasteiger partial charge in [-0.2, -0.15) is 0 Å². The molecular formula is C12H23N3O3S. The molecule has 0 bridgehead atoms. The maximum absolute atomic E-state index is 12.5. The lowest BCUT2D eigenvalue weighted by Crippen LogP contribution is -2.45. The topological polar surface area (TPSA) is 83.7 Å². The number of carbonyl (C=O) groups excluding carboxylic acids is 1. The van der Waals surface area contributed by atoms with Gasteiger partial charge < -0.3 is 10.6 Å². The van der Waals surface area contributed by atoms with Crippen molar-refractivity contribution in [3.05, 3.63) is 0 Å². The maximum atomic E-state index is 12.5. The van der Waals surface area contributed by atoms with E-state index in [0.29, 0.717) is 19.0 Å². The van der Waals surface area contributed by atoms with Crippen LogP contribution in [0.15, 0.2) is 0 Å². The van der Waals surface area contributed by atoms with Crippen LogP contribution in [0, 0.1) is 11.8 Å². The summed E-state index contributed by atoms with van der Waals surface area (Å²) < 4.78 is 26.4. The van der Waals surface area contributed by atoms with Crippen LogP contribution >= 0.6 is 0 Å². The van der Waals surface area contributed by atoms with Crippen molar-refractivity contribution in [2.45, 2.75) is 31.1 Å². The third kappa shape index (κ3) is 2.51. The molecule has 2 N–H and O–H groups in total. The van der Waals surface area contributed by atoms with Crippen molar-refractivity contribution in [2.75, 3.05) is 27.2 Å². The van der Waals surface area contributed by atoms with Crippen LogP contribution in [0.3, 0.4) is 0 Å². The summed E-state index contributed by atoms with van der Waals surface area (Å²) in [6, 6.07) is 0.102. The molecule has 4 unspecified atom stereocenters. The molecule has 0 aromatic carbocycles. The van der Waals surface area contributed by atoms with Gasteiger partial charge in [0.1, 0.15) is 0 Å². The molecule has 110 valence electrons. The number of rotatable bonds is 3. The summed E-state index contributed by atoms with van der Waals surface area (Å²) in [4.78, 5) is 13.2. The highest BCUT2D eigenvalue weighted by atomic mass is 32.2. The van der Waals surface area contributed by atoms with Crippen molar-refractivity contribution in [1.29, 1.82) is 0 Å². The minimum atomic E-state index is -3.56. The number of nitrogens with zero attached hydrogens (tertiary/aromatic N) is 2. The molecule has 1 heterocycles. The molecule has 2 rings (SSSR count). The second-order valence-electron chi connectivity index (χ2n) is 5.90. The van der Waals surface area contributed by atoms with Gasteiger partial charge in [0.15, 0.2) is 5.25 Å². The molecule has 0 spiro atoms. The lowest BCUT2D eigenvalue weighted by molar-refractivity contribution is -0.128. The second kappa shape index (κ2) is 5.03. The minimum absolute atomic E-state index is 0.102. The highest BCUT2D eigenvalue weighted by Crippen LogP contribution is 2.38. The monoisotopic (exact) mass is 289 g/mol. The zero-order valence-electron chi connectivity index (χ0n) is 11.7. The Bertz CT molecular complexity index is 463. The number of carbonyl (C=O) groups is 1. The Morgan fingerprint density at radius 2 is 1.95 bits per heavy atom. The third-order valence-corrected chi connectivity index (χ3v) is 6.59. The smallest absolute Gasteiger partial charge is 0.241 e. The molecule has 2 aliphatic rings. The van der Waals surface area contributed by atoms with E-state index < -0.39 is 15.3 Å². The Kier molecular flexibility index (Phi) is 3.90. The summed E-state index contributed by atoms with van der Waals surface area (Å²) in [7, 11) is -0.417. The normalized spacial score (nSPS) is 33.2. The quantitative estimate of drug-likeness (QED) is 0.756. The van der Waals surface area contributed by atoms with Gasteiger partial charge in [0.05, 0.1) is 0 Å². The Hall–Kier alpha value is -0.660. The van der Waals surface area contributed by atoms with E-state index >= 15 is 0 Å². The van der Waals surface area contributed by atoms with Gasteiger partial charge in [-0.15, -0.1) is 0 Å². The van der Waals surface area contributed by atoms with E-state index in [9.17, 15) is 13.2 Å². The van der Waals surface area contributed by atoms with E-state index in [1.807, 2.05) is 0 Å². The first-order valence-electron chi connectivity index (χ1n) is 6.71. The lowest BCUT2D eigenvalue weighted by atomic mass is 9.98. The summed E-state index contributed by atoms with van der Waals surface area (Å²) in [5, 5.41) is -1.02. The van der Waals surface area contributed by atoms with Crippen LogP contribution in [0.5, 0.6) is 0 Å². The summed E-state index contributed by atoms with van der Waals surface area (Å²) in [6.07, 6.45) is 1.98. The van der Waals surface area contributed by atoms with Crippen molar-refractivity contribution in [1.82, 2.24) is 9.21 Å². The highest BCUT2D eigenvalue weighted by molar-refractivity contribution is 7.90. The average Bonchev–Trinajstić information content (AvgIpc) is 2.90. The predicted octanol–water partition coefficient (Wildman–Crippen LogP) is -0.538. The zero-order chi connectivity index (χ0) is 14.4. The van der Waals surface area contributed by atoms with E-state index in [1.54, 1.807) is 14.1 Å². The van der Waals surface area contributed by atoms with Crippen LogP contribution in [0.2, 0.25) is 0 Å². The zero-order valence-corrected chi connectivity index (χ0v) is 12.6. The Balaban J connectivity index is 2.12. The molecule has 1 saturated carbocycles. The fourth-order valence-electron chi connectivity index (χ4n) is 3.19. The molecule has 0 radical (unpaired) electrons. The molecule has 2 fully saturated rings. The second-order valence-corrected chi connectivity index (χ2v) is 8.16. The SMILES string of the molecule is CC(C(=O)N(C)C)S(=O)(=O)N1CC2CCC(N)C2C1. The number of fused-ring (bicyclic) bond motifs is 1. The number of hydrogen-bond donors (Lipinski definition) is 1. The van der Waals surface area contributed by atoms with Crippen LogP contribution in [0.4, 0.5) is 0 Å². The third-order valence-electron chi connectivity index (χ3n) is 4.47. The first-order valence-corrected chi connectivity index (χ1v) is 8.21. The van der Waals surface area contributed by atoms with Gasteiger partial charge >= 0.3 is 0 Å². The van der Waals surface area contributed by atoms with Crippen molar-refractivity contribution in [3.8, 4) is 0 Å². The molecule has 1 aliphatic carbocycles. The number of sulfonamides is 1. The Morgan fingerprint density at radius 3 is 2.47 bits per heavy atom. The Morgan fingerprint density at radius 1 is 1.32 bits per heavy atom. The van der Waals surface area contributed by atoms with Crippen molar-refractivity contribution >= 4 is 15.9 Å². The lowest BCUT2D eigenvalue weighted by Gasteiger charge is -2.24. The van der Waals surface area contributed by atoms with E-state index in [4.69, 9.17) is 5.73 Å². The van der Waals surface area contributed by atoms with Gasteiger partial charge in [-0.3, -0.25) is 4.79 Å². The molecule has 1 amide bonds. The summed E-state index contributed by atoms with van der Waals surface area (Å²) in [5.74, 6) is 0.254. The van der Waals surface area contributed by atoms with Crippen LogP contribution in [0.25, 0.3) is 0 Å². The van der Waals surface area contributed by atoms with Gasteiger partial charge in [0.25, 0.3) is 0 Å². The standard InChI is InChI=1S/C12H23N3O3S/c1-8(12(16)14(2)3)19(17,18)15-6-9-4-5-11(13)10(9)7-15/h8-11H,4-7,13H2,1-3H3. The molecule has 0 aromatic heterocycles. The van der Waals surface area contributed by atoms with Crippen LogP contribution in [-0.2, 0) is 14.8 Å². The number of nitrogens with two attached hydrogens (primary N) is 1. The molecule has 1 aliphatic heterocycles. The van der Waals surface area contributed by atoms with E-state index in [2.05, 4.69) is 0 Å². The van der Waals surface area contributed by atoms with Gasteiger partial charge in [-0.1, -0.05) is 0 Å². The first-order chi connectivity index (χ1) is 8.75. The van der Waals surface area contributed by atoms with Crippen LogP contribution in [-0.4, -0.2) is 62.0 Å². The summed E-state index contributed by atoms with van der Waals surface area (Å²) >= 11 is 0. The largest absolute Gasteiger partial charge is 0.348 e. The number of amides is 1. The minimum Gasteiger partial charge on any atom is -0.348 e. The molecule has 7 heteroatoms. The van der Waals surface area contributed by atoms with Gasteiger partial charge in [-0.25, -0.2) is 12.7 Å². The molecule has 4 atom stereocenters. The molecule has 0 aromatic rings. The molecule has 1 saturated heterocycles. The average molecular weight is 289 g/mol.